The van der Waals surface area contributed by atoms with Gasteiger partial charge in [0.1, 0.15) is 0 Å². The summed E-state index contributed by atoms with van der Waals surface area (Å²) in [6, 6.07) is 0. The van der Waals surface area contributed by atoms with Crippen LogP contribution in [0.2, 0.25) is 0 Å². The topological polar surface area (TPSA) is 26.3 Å². The molecular formula is C10H18O2. The maximum absolute atomic E-state index is 10.8. The van der Waals surface area contributed by atoms with Crippen molar-refractivity contribution < 1.29 is 9.53 Å². The van der Waals surface area contributed by atoms with Crippen molar-refractivity contribution >= 4 is 5.97 Å². The predicted octanol–water partition coefficient (Wildman–Crippen LogP) is 2.54. The molecule has 2 nitrogen and oxygen atoms in total. The first kappa shape index (κ1) is 11.2. The maximum atomic E-state index is 10.8. The number of allylic oxidation sites excluding steroid dienone is 1. The summed E-state index contributed by atoms with van der Waals surface area (Å²) in [7, 11) is 0. The van der Waals surface area contributed by atoms with Crippen LogP contribution >= 0.6 is 0 Å². The Labute approximate surface area is 74.6 Å². The van der Waals surface area contributed by atoms with E-state index in [0.29, 0.717) is 12.5 Å². The summed E-state index contributed by atoms with van der Waals surface area (Å²) in [4.78, 5) is 10.8. The fourth-order valence-corrected chi connectivity index (χ4v) is 0.849. The van der Waals surface area contributed by atoms with Crippen molar-refractivity contribution in [2.24, 2.45) is 5.92 Å². The van der Waals surface area contributed by atoms with Crippen LogP contribution in [0, 0.1) is 5.92 Å². The molecule has 0 saturated heterocycles. The molecule has 0 aliphatic heterocycles. The number of carbonyl (C=O) groups excluding carboxylic acids is 1. The molecule has 0 saturated carbocycles. The van der Waals surface area contributed by atoms with Gasteiger partial charge in [-0.3, -0.25) is 0 Å². The summed E-state index contributed by atoms with van der Waals surface area (Å²) in [6.45, 7) is 6.66. The van der Waals surface area contributed by atoms with Gasteiger partial charge in [-0.1, -0.05) is 19.9 Å². The zero-order chi connectivity index (χ0) is 9.40. The zero-order valence-electron chi connectivity index (χ0n) is 8.17. The smallest absolute Gasteiger partial charge is 0.330 e. The molecular weight excluding hydrogens is 152 g/mol. The summed E-state index contributed by atoms with van der Waals surface area (Å²) in [5.74, 6) is 0.451. The largest absolute Gasteiger partial charge is 0.463 e. The molecule has 0 aliphatic carbocycles. The van der Waals surface area contributed by atoms with Crippen molar-refractivity contribution in [2.75, 3.05) is 6.61 Å². The van der Waals surface area contributed by atoms with Gasteiger partial charge in [-0.2, -0.15) is 0 Å². The second-order valence-corrected chi connectivity index (χ2v) is 3.20. The first-order valence-corrected chi connectivity index (χ1v) is 4.46. The van der Waals surface area contributed by atoms with Crippen LogP contribution in [0.1, 0.15) is 33.6 Å². The van der Waals surface area contributed by atoms with Crippen LogP contribution in [-0.4, -0.2) is 12.6 Å². The lowest BCUT2D eigenvalue weighted by Crippen LogP contribution is -2.03. The monoisotopic (exact) mass is 170 g/mol. The third-order valence-electron chi connectivity index (χ3n) is 1.47. The molecule has 0 radical (unpaired) electrons. The lowest BCUT2D eigenvalue weighted by molar-refractivity contribution is -0.137. The van der Waals surface area contributed by atoms with Crippen LogP contribution < -0.4 is 0 Å². The SMILES string of the molecule is CC=CC(=O)OCCCC(C)C. The molecule has 0 aromatic rings. The molecule has 0 rings (SSSR count). The molecule has 70 valence electrons. The molecule has 0 aromatic carbocycles. The molecule has 0 atom stereocenters. The highest BCUT2D eigenvalue weighted by molar-refractivity contribution is 5.81. The van der Waals surface area contributed by atoms with Crippen LogP contribution in [0.4, 0.5) is 0 Å². The molecule has 0 fully saturated rings. The van der Waals surface area contributed by atoms with E-state index < -0.39 is 0 Å². The van der Waals surface area contributed by atoms with Gasteiger partial charge in [-0.25, -0.2) is 4.79 Å². The Hall–Kier alpha value is -0.790. The van der Waals surface area contributed by atoms with Gasteiger partial charge in [0.2, 0.25) is 0 Å². The Morgan fingerprint density at radius 1 is 1.50 bits per heavy atom. The molecule has 0 amide bonds. The van der Waals surface area contributed by atoms with Gasteiger partial charge in [0.05, 0.1) is 6.61 Å². The normalized spacial score (nSPS) is 11.0. The van der Waals surface area contributed by atoms with Crippen LogP contribution in [0.5, 0.6) is 0 Å². The summed E-state index contributed by atoms with van der Waals surface area (Å²) < 4.78 is 4.91. The van der Waals surface area contributed by atoms with E-state index in [1.54, 1.807) is 13.0 Å². The molecule has 0 aromatic heterocycles. The van der Waals surface area contributed by atoms with E-state index in [9.17, 15) is 4.79 Å². The van der Waals surface area contributed by atoms with Gasteiger partial charge < -0.3 is 4.74 Å². The molecule has 0 aliphatic rings. The molecule has 2 heteroatoms. The van der Waals surface area contributed by atoms with E-state index >= 15 is 0 Å². The minimum atomic E-state index is -0.235. The van der Waals surface area contributed by atoms with Crippen LogP contribution in [-0.2, 0) is 9.53 Å². The molecule has 12 heavy (non-hydrogen) atoms. The number of ether oxygens (including phenoxy) is 1. The molecule has 0 unspecified atom stereocenters. The predicted molar refractivity (Wildman–Crippen MR) is 49.8 cm³/mol. The Bertz CT molecular complexity index is 148. The van der Waals surface area contributed by atoms with Gasteiger partial charge in [0.25, 0.3) is 0 Å². The maximum Gasteiger partial charge on any atom is 0.330 e. The second-order valence-electron chi connectivity index (χ2n) is 3.20. The van der Waals surface area contributed by atoms with E-state index in [-0.39, 0.29) is 5.97 Å². The van der Waals surface area contributed by atoms with Crippen molar-refractivity contribution in [2.45, 2.75) is 33.6 Å². The van der Waals surface area contributed by atoms with Crippen molar-refractivity contribution in [3.8, 4) is 0 Å². The fourth-order valence-electron chi connectivity index (χ4n) is 0.849. The molecule has 0 heterocycles. The Balaban J connectivity index is 3.25. The Kier molecular flexibility index (Phi) is 6.44. The number of carbonyl (C=O) groups is 1. The van der Waals surface area contributed by atoms with E-state index in [1.807, 2.05) is 0 Å². The first-order chi connectivity index (χ1) is 5.66. The van der Waals surface area contributed by atoms with Crippen molar-refractivity contribution in [1.82, 2.24) is 0 Å². The van der Waals surface area contributed by atoms with E-state index in [1.165, 1.54) is 6.08 Å². The van der Waals surface area contributed by atoms with Crippen molar-refractivity contribution in [1.29, 1.82) is 0 Å². The average molecular weight is 170 g/mol. The summed E-state index contributed by atoms with van der Waals surface area (Å²) in [5.41, 5.74) is 0. The molecule has 0 bridgehead atoms. The van der Waals surface area contributed by atoms with E-state index in [2.05, 4.69) is 13.8 Å². The number of rotatable bonds is 5. The van der Waals surface area contributed by atoms with Crippen LogP contribution in [0.3, 0.4) is 0 Å². The first-order valence-electron chi connectivity index (χ1n) is 4.46. The molecule has 0 N–H and O–H groups in total. The van der Waals surface area contributed by atoms with Crippen LogP contribution in [0.25, 0.3) is 0 Å². The lowest BCUT2D eigenvalue weighted by atomic mass is 10.1. The van der Waals surface area contributed by atoms with Crippen molar-refractivity contribution in [3.63, 3.8) is 0 Å². The highest BCUT2D eigenvalue weighted by atomic mass is 16.5. The molecule has 0 spiro atoms. The average Bonchev–Trinajstić information content (AvgIpc) is 1.98. The van der Waals surface area contributed by atoms with E-state index in [0.717, 1.165) is 12.8 Å². The lowest BCUT2D eigenvalue weighted by Gasteiger charge is -2.03. The highest BCUT2D eigenvalue weighted by Crippen LogP contribution is 2.03. The van der Waals surface area contributed by atoms with Crippen molar-refractivity contribution in [3.05, 3.63) is 12.2 Å². The zero-order valence-corrected chi connectivity index (χ0v) is 8.17. The minimum absolute atomic E-state index is 0.235. The van der Waals surface area contributed by atoms with E-state index in [4.69, 9.17) is 4.74 Å². The standard InChI is InChI=1S/C10H18O2/c1-4-6-10(11)12-8-5-7-9(2)3/h4,6,9H,5,7-8H2,1-3H3. The summed E-state index contributed by atoms with van der Waals surface area (Å²) in [6.07, 6.45) is 5.20. The Morgan fingerprint density at radius 3 is 2.67 bits per heavy atom. The third-order valence-corrected chi connectivity index (χ3v) is 1.47. The second kappa shape index (κ2) is 6.89. The van der Waals surface area contributed by atoms with Gasteiger partial charge in [0, 0.05) is 6.08 Å². The highest BCUT2D eigenvalue weighted by Gasteiger charge is 1.97. The summed E-state index contributed by atoms with van der Waals surface area (Å²) in [5, 5.41) is 0. The summed E-state index contributed by atoms with van der Waals surface area (Å²) >= 11 is 0. The van der Waals surface area contributed by atoms with Gasteiger partial charge in [-0.05, 0) is 25.7 Å². The third kappa shape index (κ3) is 7.32. The fraction of sp³-hybridized carbons (Fsp3) is 0.700. The Morgan fingerprint density at radius 2 is 2.17 bits per heavy atom. The number of hydrogen-bond donors (Lipinski definition) is 0. The van der Waals surface area contributed by atoms with Crippen LogP contribution in [0.15, 0.2) is 12.2 Å². The number of esters is 1. The number of hydrogen-bond acceptors (Lipinski definition) is 2. The minimum Gasteiger partial charge on any atom is -0.463 e. The van der Waals surface area contributed by atoms with Gasteiger partial charge >= 0.3 is 5.97 Å². The van der Waals surface area contributed by atoms with Gasteiger partial charge in [-0.15, -0.1) is 0 Å². The quantitative estimate of drug-likeness (QED) is 0.360. The van der Waals surface area contributed by atoms with Gasteiger partial charge in [0.15, 0.2) is 0 Å².